The summed E-state index contributed by atoms with van der Waals surface area (Å²) in [5, 5.41) is 18.5. The molecule has 208 valence electrons. The number of benzene rings is 1. The number of amides is 3. The highest BCUT2D eigenvalue weighted by molar-refractivity contribution is 6.30. The number of rotatable bonds is 12. The van der Waals surface area contributed by atoms with Crippen LogP contribution in [0.15, 0.2) is 18.2 Å². The van der Waals surface area contributed by atoms with E-state index in [2.05, 4.69) is 22.9 Å². The van der Waals surface area contributed by atoms with Crippen LogP contribution in [0.25, 0.3) is 0 Å². The van der Waals surface area contributed by atoms with Gasteiger partial charge in [-0.05, 0) is 74.8 Å². The molecule has 0 bridgehead atoms. The van der Waals surface area contributed by atoms with Crippen molar-refractivity contribution in [2.75, 3.05) is 52.5 Å². The van der Waals surface area contributed by atoms with Gasteiger partial charge in [-0.25, -0.2) is 9.59 Å². The Balaban J connectivity index is 1.61. The van der Waals surface area contributed by atoms with Crippen molar-refractivity contribution in [3.63, 3.8) is 0 Å². The first kappa shape index (κ1) is 29.5. The molecule has 2 fully saturated rings. The summed E-state index contributed by atoms with van der Waals surface area (Å²) in [6.45, 7) is 8.90. The first-order valence-corrected chi connectivity index (χ1v) is 13.9. The summed E-state index contributed by atoms with van der Waals surface area (Å²) in [5.74, 6) is 0.606. The summed E-state index contributed by atoms with van der Waals surface area (Å²) < 4.78 is 11.9. The first-order chi connectivity index (χ1) is 17.9. The number of halogens is 1. The van der Waals surface area contributed by atoms with Crippen LogP contribution in [-0.2, 0) is 9.47 Å². The predicted octanol–water partition coefficient (Wildman–Crippen LogP) is 4.19. The minimum Gasteiger partial charge on any atom is -0.465 e. The fourth-order valence-corrected chi connectivity index (χ4v) is 5.61. The molecule has 4 N–H and O–H groups in total. The highest BCUT2D eigenvalue weighted by atomic mass is 35.5. The molecule has 2 aliphatic rings. The van der Waals surface area contributed by atoms with Gasteiger partial charge in [0.2, 0.25) is 0 Å². The van der Waals surface area contributed by atoms with Crippen molar-refractivity contribution in [2.24, 2.45) is 11.8 Å². The molecule has 1 aromatic rings. The molecule has 9 nitrogen and oxygen atoms in total. The third-order valence-electron chi connectivity index (χ3n) is 7.26. The fraction of sp³-hybridized carbons (Fsp3) is 0.704. The lowest BCUT2D eigenvalue weighted by atomic mass is 9.86. The summed E-state index contributed by atoms with van der Waals surface area (Å²) in [6.07, 6.45) is 3.70. The number of nitrogens with zero attached hydrogens (tertiary/aromatic N) is 1. The van der Waals surface area contributed by atoms with Crippen molar-refractivity contribution in [1.29, 1.82) is 0 Å². The number of aryl methyl sites for hydroxylation is 1. The van der Waals surface area contributed by atoms with E-state index in [-0.39, 0.29) is 37.2 Å². The lowest BCUT2D eigenvalue weighted by Crippen LogP contribution is -2.50. The van der Waals surface area contributed by atoms with Crippen molar-refractivity contribution in [3.05, 3.63) is 34.3 Å². The number of hydrogen-bond acceptors (Lipinski definition) is 5. The van der Waals surface area contributed by atoms with Gasteiger partial charge in [-0.1, -0.05) is 24.6 Å². The maximum atomic E-state index is 13.2. The Morgan fingerprint density at radius 1 is 1.27 bits per heavy atom. The molecule has 1 aromatic carbocycles. The largest absolute Gasteiger partial charge is 0.465 e. The van der Waals surface area contributed by atoms with E-state index in [1.54, 1.807) is 0 Å². The van der Waals surface area contributed by atoms with Gasteiger partial charge in [-0.2, -0.15) is 0 Å². The molecule has 0 aliphatic carbocycles. The molecule has 2 saturated heterocycles. The van der Waals surface area contributed by atoms with E-state index in [1.165, 1.54) is 6.42 Å². The minimum atomic E-state index is -1.08. The zero-order chi connectivity index (χ0) is 26.6. The van der Waals surface area contributed by atoms with E-state index in [0.717, 1.165) is 56.6 Å². The SMILES string of the molecule is CCN[C@H](CNC(=O)N1CCC[C@@H]([C@@H](OCCNC(=O)O)c2cc(Cl)ccc2C)C1)C[C@H]1CCCOC1. The van der Waals surface area contributed by atoms with Crippen LogP contribution >= 0.6 is 11.6 Å². The minimum absolute atomic E-state index is 0.0541. The van der Waals surface area contributed by atoms with E-state index in [0.29, 0.717) is 30.6 Å². The topological polar surface area (TPSA) is 112 Å². The van der Waals surface area contributed by atoms with E-state index < -0.39 is 6.09 Å². The number of carboxylic acid groups (broad SMARTS) is 1. The maximum absolute atomic E-state index is 13.2. The summed E-state index contributed by atoms with van der Waals surface area (Å²) in [5.41, 5.74) is 2.04. The quantitative estimate of drug-likeness (QED) is 0.297. The number of piperidine rings is 1. The molecule has 2 aliphatic heterocycles. The molecule has 3 amide bonds. The number of carbonyl (C=O) groups is 2. The van der Waals surface area contributed by atoms with Gasteiger partial charge in [0.25, 0.3) is 0 Å². The van der Waals surface area contributed by atoms with E-state index in [9.17, 15) is 9.59 Å². The Hall–Kier alpha value is -2.07. The van der Waals surface area contributed by atoms with Crippen LogP contribution in [0.3, 0.4) is 0 Å². The number of hydrogen-bond donors (Lipinski definition) is 4. The summed E-state index contributed by atoms with van der Waals surface area (Å²) in [4.78, 5) is 25.9. The fourth-order valence-electron chi connectivity index (χ4n) is 5.43. The molecular formula is C27H43ClN4O5. The number of likely N-dealkylation sites (N-methyl/N-ethyl adjacent to an activating group) is 1. The number of urea groups is 1. The van der Waals surface area contributed by atoms with Crippen molar-refractivity contribution in [1.82, 2.24) is 20.9 Å². The molecular weight excluding hydrogens is 496 g/mol. The van der Waals surface area contributed by atoms with Crippen LogP contribution in [0.4, 0.5) is 9.59 Å². The van der Waals surface area contributed by atoms with Gasteiger partial charge in [0.05, 0.1) is 12.7 Å². The van der Waals surface area contributed by atoms with Crippen LogP contribution in [0.1, 0.15) is 56.3 Å². The molecule has 10 heteroatoms. The van der Waals surface area contributed by atoms with Crippen LogP contribution in [-0.4, -0.2) is 80.7 Å². The Labute approximate surface area is 225 Å². The van der Waals surface area contributed by atoms with Crippen molar-refractivity contribution < 1.29 is 24.2 Å². The lowest BCUT2D eigenvalue weighted by Gasteiger charge is -2.38. The van der Waals surface area contributed by atoms with Gasteiger partial charge < -0.3 is 35.4 Å². The molecule has 0 spiro atoms. The summed E-state index contributed by atoms with van der Waals surface area (Å²) >= 11 is 6.31. The smallest absolute Gasteiger partial charge is 0.404 e. The average molecular weight is 539 g/mol. The number of ether oxygens (including phenoxy) is 2. The average Bonchev–Trinajstić information content (AvgIpc) is 2.89. The monoisotopic (exact) mass is 538 g/mol. The van der Waals surface area contributed by atoms with Gasteiger partial charge in [0.15, 0.2) is 0 Å². The van der Waals surface area contributed by atoms with Crippen LogP contribution in [0.2, 0.25) is 5.02 Å². The molecule has 0 unspecified atom stereocenters. The molecule has 37 heavy (non-hydrogen) atoms. The van der Waals surface area contributed by atoms with Crippen molar-refractivity contribution in [3.8, 4) is 0 Å². The van der Waals surface area contributed by atoms with E-state index >= 15 is 0 Å². The first-order valence-electron chi connectivity index (χ1n) is 13.6. The second kappa shape index (κ2) is 15.4. The van der Waals surface area contributed by atoms with Gasteiger partial charge >= 0.3 is 12.1 Å². The second-order valence-corrected chi connectivity index (χ2v) is 10.6. The second-order valence-electron chi connectivity index (χ2n) is 10.1. The third kappa shape index (κ3) is 9.63. The van der Waals surface area contributed by atoms with Crippen LogP contribution < -0.4 is 16.0 Å². The Morgan fingerprint density at radius 3 is 2.84 bits per heavy atom. The van der Waals surface area contributed by atoms with E-state index in [4.69, 9.17) is 26.2 Å². The van der Waals surface area contributed by atoms with Gasteiger partial charge in [0.1, 0.15) is 0 Å². The molecule has 0 radical (unpaired) electrons. The zero-order valence-electron chi connectivity index (χ0n) is 22.1. The van der Waals surface area contributed by atoms with Gasteiger partial charge in [-0.3, -0.25) is 0 Å². The molecule has 3 rings (SSSR count). The number of likely N-dealkylation sites (tertiary alicyclic amines) is 1. The highest BCUT2D eigenvalue weighted by Crippen LogP contribution is 2.35. The number of nitrogens with one attached hydrogen (secondary N) is 3. The van der Waals surface area contributed by atoms with E-state index in [1.807, 2.05) is 30.0 Å². The Kier molecular flexibility index (Phi) is 12.2. The normalized spacial score (nSPS) is 21.8. The molecule has 2 heterocycles. The van der Waals surface area contributed by atoms with Crippen LogP contribution in [0, 0.1) is 18.8 Å². The van der Waals surface area contributed by atoms with Gasteiger partial charge in [-0.15, -0.1) is 0 Å². The maximum Gasteiger partial charge on any atom is 0.404 e. The lowest BCUT2D eigenvalue weighted by molar-refractivity contribution is -0.00872. The highest BCUT2D eigenvalue weighted by Gasteiger charge is 2.32. The number of carbonyl (C=O) groups excluding carboxylic acids is 1. The van der Waals surface area contributed by atoms with Crippen molar-refractivity contribution in [2.45, 2.75) is 58.1 Å². The van der Waals surface area contributed by atoms with Crippen molar-refractivity contribution >= 4 is 23.7 Å². The van der Waals surface area contributed by atoms with Gasteiger partial charge in [0, 0.05) is 56.4 Å². The molecule has 0 aromatic heterocycles. The Morgan fingerprint density at radius 2 is 2.11 bits per heavy atom. The molecule has 4 atom stereocenters. The predicted molar refractivity (Wildman–Crippen MR) is 144 cm³/mol. The zero-order valence-corrected chi connectivity index (χ0v) is 22.9. The summed E-state index contributed by atoms with van der Waals surface area (Å²) in [7, 11) is 0. The van der Waals surface area contributed by atoms with Crippen LogP contribution in [0.5, 0.6) is 0 Å². The third-order valence-corrected chi connectivity index (χ3v) is 7.50. The Bertz CT molecular complexity index is 867. The summed E-state index contributed by atoms with van der Waals surface area (Å²) in [6, 6.07) is 5.90. The molecule has 0 saturated carbocycles. The standard InChI is InChI=1S/C27H43ClN4O5/c1-3-29-23(14-20-6-5-12-36-18-20)16-31-26(33)32-11-4-7-21(17-32)25(37-13-10-30-27(34)35)24-15-22(28)9-8-19(24)2/h8-9,15,20-21,23,25,29-30H,3-7,10-14,16-18H2,1-2H3,(H,31,33)(H,34,35)/t20-,21-,23+,25-/m1/s1.